The molecule has 0 radical (unpaired) electrons. The van der Waals surface area contributed by atoms with Crippen molar-refractivity contribution in [1.29, 1.82) is 10.5 Å². The van der Waals surface area contributed by atoms with Gasteiger partial charge in [0.2, 0.25) is 0 Å². The van der Waals surface area contributed by atoms with E-state index in [1.54, 1.807) is 30.3 Å². The number of benzene rings is 7. The van der Waals surface area contributed by atoms with Crippen LogP contribution in [-0.4, -0.2) is 19.5 Å². The van der Waals surface area contributed by atoms with E-state index in [0.717, 1.165) is 44.6 Å². The SMILES string of the molecule is N#Cc1ccc(-c2ccc3c(c2)c2ccccc2n3-c2ccc(-c3ccccc3C(F)(F)F)c(-c3nc(-c4ccccc4)nc(-c4ccccc4)n3)c2)c(C#N)c1. The smallest absolute Gasteiger partial charge is 0.309 e. The molecule has 9 aromatic rings. The number of rotatable bonds is 6. The second-order valence-electron chi connectivity index (χ2n) is 13.4. The van der Waals surface area contributed by atoms with Crippen molar-refractivity contribution in [3.63, 3.8) is 0 Å². The Balaban J connectivity index is 1.32. The second kappa shape index (κ2) is 14.1. The second-order valence-corrected chi connectivity index (χ2v) is 13.4. The zero-order valence-electron chi connectivity index (χ0n) is 29.9. The van der Waals surface area contributed by atoms with Crippen LogP contribution in [0.3, 0.4) is 0 Å². The maximum Gasteiger partial charge on any atom is 0.417 e. The fourth-order valence-corrected chi connectivity index (χ4v) is 7.36. The minimum absolute atomic E-state index is 0.00272. The average molecular weight is 745 g/mol. The standard InChI is InChI=1S/C48H27F3N6/c49-48(50,51)42-17-9-7-15-38(42)37-23-21-35(27-41(37)47-55-45(31-11-3-1-4-12-31)54-46(56-47)32-13-5-2-6-14-32)57-43-18-10-8-16-39(43)40-26-33(20-24-44(40)57)36-22-19-30(28-52)25-34(36)29-53/h1-27H. The normalized spacial score (nSPS) is 11.4. The number of para-hydroxylation sites is 1. The summed E-state index contributed by atoms with van der Waals surface area (Å²) in [4.78, 5) is 14.7. The molecule has 0 unspecified atom stereocenters. The quantitative estimate of drug-likeness (QED) is 0.169. The molecule has 0 fully saturated rings. The van der Waals surface area contributed by atoms with Gasteiger partial charge in [0, 0.05) is 33.2 Å². The highest BCUT2D eigenvalue weighted by molar-refractivity contribution is 6.10. The van der Waals surface area contributed by atoms with Gasteiger partial charge in [-0.05, 0) is 70.8 Å². The fourth-order valence-electron chi connectivity index (χ4n) is 7.36. The van der Waals surface area contributed by atoms with Crippen LogP contribution >= 0.6 is 0 Å². The summed E-state index contributed by atoms with van der Waals surface area (Å²) in [5.41, 5.74) is 6.05. The highest BCUT2D eigenvalue weighted by Gasteiger charge is 2.34. The maximum atomic E-state index is 14.7. The molecule has 2 aromatic heterocycles. The number of fused-ring (bicyclic) bond motifs is 3. The first-order valence-electron chi connectivity index (χ1n) is 18.0. The number of hydrogen-bond donors (Lipinski definition) is 0. The molecule has 0 N–H and O–H groups in total. The molecule has 0 amide bonds. The fraction of sp³-hybridized carbons (Fsp3) is 0.0208. The molecule has 0 atom stereocenters. The van der Waals surface area contributed by atoms with Crippen LogP contribution in [0.2, 0.25) is 0 Å². The largest absolute Gasteiger partial charge is 0.417 e. The van der Waals surface area contributed by atoms with Crippen LogP contribution in [0.25, 0.3) is 83.9 Å². The average Bonchev–Trinajstić information content (AvgIpc) is 3.59. The Hall–Kier alpha value is -7.88. The van der Waals surface area contributed by atoms with Gasteiger partial charge in [0.25, 0.3) is 0 Å². The monoisotopic (exact) mass is 744 g/mol. The van der Waals surface area contributed by atoms with Gasteiger partial charge in [-0.15, -0.1) is 0 Å². The number of alkyl halides is 3. The van der Waals surface area contributed by atoms with Crippen LogP contribution in [-0.2, 0) is 6.18 Å². The Labute approximate surface area is 325 Å². The molecule has 7 aromatic carbocycles. The van der Waals surface area contributed by atoms with E-state index in [9.17, 15) is 23.7 Å². The van der Waals surface area contributed by atoms with Crippen molar-refractivity contribution in [2.75, 3.05) is 0 Å². The number of nitriles is 2. The lowest BCUT2D eigenvalue weighted by molar-refractivity contribution is -0.137. The third kappa shape index (κ3) is 6.33. The molecular weight excluding hydrogens is 718 g/mol. The summed E-state index contributed by atoms with van der Waals surface area (Å²) in [5, 5.41) is 21.2. The molecule has 6 nitrogen and oxygen atoms in total. The van der Waals surface area contributed by atoms with Crippen molar-refractivity contribution in [2.45, 2.75) is 6.18 Å². The van der Waals surface area contributed by atoms with Crippen LogP contribution in [0.4, 0.5) is 13.2 Å². The zero-order valence-corrected chi connectivity index (χ0v) is 29.9. The van der Waals surface area contributed by atoms with Gasteiger partial charge in [-0.2, -0.15) is 23.7 Å². The summed E-state index contributed by atoms with van der Waals surface area (Å²) < 4.78 is 46.0. The first kappa shape index (κ1) is 34.9. The summed E-state index contributed by atoms with van der Waals surface area (Å²) in [5.74, 6) is 0.970. The van der Waals surface area contributed by atoms with Crippen molar-refractivity contribution in [3.8, 4) is 74.2 Å². The van der Waals surface area contributed by atoms with Gasteiger partial charge < -0.3 is 4.57 Å². The van der Waals surface area contributed by atoms with Gasteiger partial charge in [-0.25, -0.2) is 15.0 Å². The molecule has 0 aliphatic carbocycles. The molecule has 0 aliphatic rings. The molecule has 0 saturated heterocycles. The lowest BCUT2D eigenvalue weighted by Crippen LogP contribution is -2.08. The molecule has 9 heteroatoms. The third-order valence-corrected chi connectivity index (χ3v) is 9.98. The van der Waals surface area contributed by atoms with Gasteiger partial charge in [-0.3, -0.25) is 0 Å². The van der Waals surface area contributed by atoms with Crippen molar-refractivity contribution < 1.29 is 13.2 Å². The minimum Gasteiger partial charge on any atom is -0.309 e. The summed E-state index contributed by atoms with van der Waals surface area (Å²) in [6.07, 6.45) is -4.62. The van der Waals surface area contributed by atoms with Gasteiger partial charge in [0.1, 0.15) is 0 Å². The summed E-state index contributed by atoms with van der Waals surface area (Å²) in [7, 11) is 0. The minimum atomic E-state index is -4.62. The Morgan fingerprint density at radius 1 is 0.456 bits per heavy atom. The first-order valence-corrected chi connectivity index (χ1v) is 18.0. The number of aromatic nitrogens is 4. The molecular formula is C48H27F3N6. The summed E-state index contributed by atoms with van der Waals surface area (Å²) in [6, 6.07) is 52.9. The van der Waals surface area contributed by atoms with E-state index in [1.807, 2.05) is 115 Å². The molecule has 270 valence electrons. The highest BCUT2D eigenvalue weighted by atomic mass is 19.4. The molecule has 2 heterocycles. The lowest BCUT2D eigenvalue weighted by Gasteiger charge is -2.18. The van der Waals surface area contributed by atoms with Crippen molar-refractivity contribution >= 4 is 21.8 Å². The number of hydrogen-bond acceptors (Lipinski definition) is 5. The Morgan fingerprint density at radius 2 is 1.07 bits per heavy atom. The van der Waals surface area contributed by atoms with Gasteiger partial charge in [-0.1, -0.05) is 115 Å². The van der Waals surface area contributed by atoms with E-state index in [1.165, 1.54) is 12.1 Å². The van der Waals surface area contributed by atoms with Crippen molar-refractivity contribution in [2.24, 2.45) is 0 Å². The first-order chi connectivity index (χ1) is 27.8. The topological polar surface area (TPSA) is 91.2 Å². The molecule has 0 saturated carbocycles. The van der Waals surface area contributed by atoms with Crippen LogP contribution in [0.1, 0.15) is 16.7 Å². The number of nitrogens with zero attached hydrogens (tertiary/aromatic N) is 6. The summed E-state index contributed by atoms with van der Waals surface area (Å²) >= 11 is 0. The summed E-state index contributed by atoms with van der Waals surface area (Å²) in [6.45, 7) is 0. The molecule has 57 heavy (non-hydrogen) atoms. The van der Waals surface area contributed by atoms with Crippen LogP contribution in [0, 0.1) is 22.7 Å². The van der Waals surface area contributed by atoms with Crippen LogP contribution in [0.5, 0.6) is 0 Å². The third-order valence-electron chi connectivity index (χ3n) is 9.98. The van der Waals surface area contributed by atoms with Crippen molar-refractivity contribution in [1.82, 2.24) is 19.5 Å². The zero-order chi connectivity index (χ0) is 39.1. The van der Waals surface area contributed by atoms with E-state index >= 15 is 0 Å². The highest BCUT2D eigenvalue weighted by Crippen LogP contribution is 2.43. The van der Waals surface area contributed by atoms with Crippen LogP contribution in [0.15, 0.2) is 164 Å². The Morgan fingerprint density at radius 3 is 1.75 bits per heavy atom. The number of halogens is 3. The Bertz CT molecular complexity index is 3030. The maximum absolute atomic E-state index is 14.7. The van der Waals surface area contributed by atoms with E-state index in [4.69, 9.17) is 15.0 Å². The van der Waals surface area contributed by atoms with Crippen molar-refractivity contribution in [3.05, 3.63) is 180 Å². The van der Waals surface area contributed by atoms with Gasteiger partial charge in [0.15, 0.2) is 17.5 Å². The van der Waals surface area contributed by atoms with E-state index in [2.05, 4.69) is 16.7 Å². The molecule has 9 rings (SSSR count). The van der Waals surface area contributed by atoms with Crippen LogP contribution < -0.4 is 0 Å². The molecule has 0 spiro atoms. The predicted octanol–water partition coefficient (Wildman–Crippen LogP) is 12.1. The van der Waals surface area contributed by atoms with Gasteiger partial charge in [0.05, 0.1) is 39.9 Å². The molecule has 0 aliphatic heterocycles. The van der Waals surface area contributed by atoms with E-state index in [-0.39, 0.29) is 11.4 Å². The molecule has 0 bridgehead atoms. The van der Waals surface area contributed by atoms with E-state index < -0.39 is 11.7 Å². The Kier molecular flexibility index (Phi) is 8.61. The predicted molar refractivity (Wildman–Crippen MR) is 216 cm³/mol. The lowest BCUT2D eigenvalue weighted by atomic mass is 9.94. The van der Waals surface area contributed by atoms with E-state index in [0.29, 0.717) is 45.2 Å². The van der Waals surface area contributed by atoms with Gasteiger partial charge >= 0.3 is 6.18 Å².